The van der Waals surface area contributed by atoms with E-state index in [9.17, 15) is 0 Å². The first-order chi connectivity index (χ1) is 7.22. The molecule has 1 unspecified atom stereocenters. The number of ether oxygens (including phenoxy) is 1. The second-order valence-electron chi connectivity index (χ2n) is 3.76. The summed E-state index contributed by atoms with van der Waals surface area (Å²) in [6.45, 7) is 5.10. The van der Waals surface area contributed by atoms with E-state index in [1.54, 1.807) is 11.8 Å². The third-order valence-electron chi connectivity index (χ3n) is 2.30. The van der Waals surface area contributed by atoms with Crippen LogP contribution >= 0.6 is 11.8 Å². The molecule has 0 aromatic heterocycles. The third kappa shape index (κ3) is 5.23. The SMILES string of the molecule is CCCC(C)OCCC1=CN=C(N)SC1. The molecule has 1 aliphatic rings. The van der Waals surface area contributed by atoms with Crippen LogP contribution in [0.3, 0.4) is 0 Å². The van der Waals surface area contributed by atoms with E-state index < -0.39 is 0 Å². The number of nitrogens with two attached hydrogens (primary N) is 1. The van der Waals surface area contributed by atoms with Gasteiger partial charge in [0.05, 0.1) is 12.7 Å². The fourth-order valence-electron chi connectivity index (χ4n) is 1.41. The molecule has 0 aliphatic carbocycles. The van der Waals surface area contributed by atoms with Crippen LogP contribution in [-0.4, -0.2) is 23.6 Å². The monoisotopic (exact) mass is 228 g/mol. The van der Waals surface area contributed by atoms with Crippen LogP contribution in [0, 0.1) is 0 Å². The Morgan fingerprint density at radius 1 is 1.67 bits per heavy atom. The molecule has 0 bridgehead atoms. The molecule has 1 rings (SSSR count). The molecular formula is C11H20N2OS. The van der Waals surface area contributed by atoms with Crippen LogP contribution in [0.5, 0.6) is 0 Å². The Labute approximate surface area is 96.2 Å². The third-order valence-corrected chi connectivity index (χ3v) is 3.22. The largest absolute Gasteiger partial charge is 0.378 e. The average Bonchev–Trinajstić information content (AvgIpc) is 2.21. The van der Waals surface area contributed by atoms with Crippen molar-refractivity contribution in [1.82, 2.24) is 0 Å². The van der Waals surface area contributed by atoms with Gasteiger partial charge in [0.1, 0.15) is 0 Å². The summed E-state index contributed by atoms with van der Waals surface area (Å²) in [7, 11) is 0. The van der Waals surface area contributed by atoms with Gasteiger partial charge in [-0.05, 0) is 25.3 Å². The van der Waals surface area contributed by atoms with E-state index in [2.05, 4.69) is 18.8 Å². The van der Waals surface area contributed by atoms with Gasteiger partial charge in [0, 0.05) is 12.0 Å². The van der Waals surface area contributed by atoms with Gasteiger partial charge in [-0.1, -0.05) is 25.1 Å². The summed E-state index contributed by atoms with van der Waals surface area (Å²) in [5.74, 6) is 0.959. The molecule has 0 radical (unpaired) electrons. The van der Waals surface area contributed by atoms with Crippen LogP contribution in [0.15, 0.2) is 16.8 Å². The predicted molar refractivity (Wildman–Crippen MR) is 67.1 cm³/mol. The Bertz CT molecular complexity index is 251. The lowest BCUT2D eigenvalue weighted by Gasteiger charge is -2.14. The van der Waals surface area contributed by atoms with Crippen molar-refractivity contribution in [2.45, 2.75) is 39.2 Å². The van der Waals surface area contributed by atoms with Crippen molar-refractivity contribution in [1.29, 1.82) is 0 Å². The second kappa shape index (κ2) is 6.90. The highest BCUT2D eigenvalue weighted by Crippen LogP contribution is 2.17. The van der Waals surface area contributed by atoms with Gasteiger partial charge in [0.15, 0.2) is 5.17 Å². The maximum Gasteiger partial charge on any atom is 0.158 e. The maximum absolute atomic E-state index is 5.68. The van der Waals surface area contributed by atoms with Gasteiger partial charge in [-0.3, -0.25) is 0 Å². The lowest BCUT2D eigenvalue weighted by Crippen LogP contribution is -2.13. The Hall–Kier alpha value is -0.480. The highest BCUT2D eigenvalue weighted by molar-refractivity contribution is 8.14. The van der Waals surface area contributed by atoms with Gasteiger partial charge in [-0.25, -0.2) is 4.99 Å². The van der Waals surface area contributed by atoms with E-state index in [1.807, 2.05) is 6.20 Å². The van der Waals surface area contributed by atoms with E-state index in [0.29, 0.717) is 11.3 Å². The summed E-state index contributed by atoms with van der Waals surface area (Å²) in [5.41, 5.74) is 6.87. The zero-order valence-electron chi connectivity index (χ0n) is 9.53. The summed E-state index contributed by atoms with van der Waals surface area (Å²) < 4.78 is 5.68. The van der Waals surface area contributed by atoms with Crippen LogP contribution in [0.2, 0.25) is 0 Å². The van der Waals surface area contributed by atoms with Crippen LogP contribution in [-0.2, 0) is 4.74 Å². The highest BCUT2D eigenvalue weighted by atomic mass is 32.2. The molecule has 15 heavy (non-hydrogen) atoms. The minimum atomic E-state index is 0.375. The second-order valence-corrected chi connectivity index (χ2v) is 4.76. The van der Waals surface area contributed by atoms with Crippen LogP contribution in [0.1, 0.15) is 33.1 Å². The van der Waals surface area contributed by atoms with Gasteiger partial charge in [0.2, 0.25) is 0 Å². The van der Waals surface area contributed by atoms with Crippen LogP contribution in [0.4, 0.5) is 0 Å². The molecule has 0 aromatic carbocycles. The van der Waals surface area contributed by atoms with Gasteiger partial charge in [-0.2, -0.15) is 0 Å². The molecule has 0 saturated carbocycles. The van der Waals surface area contributed by atoms with E-state index in [-0.39, 0.29) is 0 Å². The molecular weight excluding hydrogens is 208 g/mol. The quantitative estimate of drug-likeness (QED) is 0.760. The molecule has 0 spiro atoms. The van der Waals surface area contributed by atoms with E-state index in [4.69, 9.17) is 10.5 Å². The van der Waals surface area contributed by atoms with Crippen molar-refractivity contribution < 1.29 is 4.74 Å². The van der Waals surface area contributed by atoms with Crippen LogP contribution < -0.4 is 5.73 Å². The zero-order valence-corrected chi connectivity index (χ0v) is 10.3. The fraction of sp³-hybridized carbons (Fsp3) is 0.727. The Morgan fingerprint density at radius 3 is 3.07 bits per heavy atom. The lowest BCUT2D eigenvalue weighted by molar-refractivity contribution is 0.0621. The van der Waals surface area contributed by atoms with Gasteiger partial charge in [0.25, 0.3) is 0 Å². The molecule has 3 nitrogen and oxygen atoms in total. The number of aliphatic imine (C=N–C) groups is 1. The minimum Gasteiger partial charge on any atom is -0.378 e. The normalized spacial score (nSPS) is 18.3. The van der Waals surface area contributed by atoms with Crippen molar-refractivity contribution in [3.63, 3.8) is 0 Å². The summed E-state index contributed by atoms with van der Waals surface area (Å²) in [4.78, 5) is 4.09. The predicted octanol–water partition coefficient (Wildman–Crippen LogP) is 2.53. The van der Waals surface area contributed by atoms with E-state index in [1.165, 1.54) is 12.0 Å². The summed E-state index contributed by atoms with van der Waals surface area (Å²) in [6.07, 6.45) is 5.54. The number of hydrogen-bond acceptors (Lipinski definition) is 4. The van der Waals surface area contributed by atoms with Gasteiger partial charge < -0.3 is 10.5 Å². The summed E-state index contributed by atoms with van der Waals surface area (Å²) in [6, 6.07) is 0. The molecule has 1 atom stereocenters. The Balaban J connectivity index is 2.15. The molecule has 0 amide bonds. The molecule has 4 heteroatoms. The number of nitrogens with zero attached hydrogens (tertiary/aromatic N) is 1. The van der Waals surface area contributed by atoms with E-state index >= 15 is 0 Å². The topological polar surface area (TPSA) is 47.6 Å². The first-order valence-electron chi connectivity index (χ1n) is 5.48. The zero-order chi connectivity index (χ0) is 11.1. The molecule has 0 saturated heterocycles. The molecule has 0 aromatic rings. The van der Waals surface area contributed by atoms with Crippen molar-refractivity contribution in [3.05, 3.63) is 11.8 Å². The van der Waals surface area contributed by atoms with Crippen molar-refractivity contribution in [2.24, 2.45) is 10.7 Å². The van der Waals surface area contributed by atoms with Crippen molar-refractivity contribution in [2.75, 3.05) is 12.4 Å². The van der Waals surface area contributed by atoms with Gasteiger partial charge in [-0.15, -0.1) is 0 Å². The maximum atomic E-state index is 5.68. The van der Waals surface area contributed by atoms with Gasteiger partial charge >= 0.3 is 0 Å². The summed E-state index contributed by atoms with van der Waals surface area (Å²) >= 11 is 1.60. The molecule has 0 fully saturated rings. The average molecular weight is 228 g/mol. The summed E-state index contributed by atoms with van der Waals surface area (Å²) in [5, 5.41) is 0.666. The highest BCUT2D eigenvalue weighted by Gasteiger charge is 2.06. The van der Waals surface area contributed by atoms with Crippen molar-refractivity contribution >= 4 is 16.9 Å². The lowest BCUT2D eigenvalue weighted by atomic mass is 10.2. The first-order valence-corrected chi connectivity index (χ1v) is 6.46. The van der Waals surface area contributed by atoms with E-state index in [0.717, 1.165) is 25.2 Å². The number of amidine groups is 1. The molecule has 1 heterocycles. The molecule has 2 N–H and O–H groups in total. The number of thioether (sulfide) groups is 1. The minimum absolute atomic E-state index is 0.375. The van der Waals surface area contributed by atoms with Crippen molar-refractivity contribution in [3.8, 4) is 0 Å². The smallest absolute Gasteiger partial charge is 0.158 e. The Morgan fingerprint density at radius 2 is 2.47 bits per heavy atom. The number of rotatable bonds is 6. The molecule has 1 aliphatic heterocycles. The standard InChI is InChI=1S/C11H20N2OS/c1-3-4-9(2)14-6-5-10-7-13-11(12)15-8-10/h7,9H,3-6,8H2,1-2H3,(H2,12,13). The Kier molecular flexibility index (Phi) is 5.79. The molecule has 86 valence electrons. The van der Waals surface area contributed by atoms with Crippen LogP contribution in [0.25, 0.3) is 0 Å². The fourth-order valence-corrected chi connectivity index (χ4v) is 2.09. The first kappa shape index (κ1) is 12.6. The number of hydrogen-bond donors (Lipinski definition) is 1.